The fourth-order valence-corrected chi connectivity index (χ4v) is 2.55. The van der Waals surface area contributed by atoms with Gasteiger partial charge < -0.3 is 14.4 Å². The summed E-state index contributed by atoms with van der Waals surface area (Å²) >= 11 is 0. The predicted octanol–water partition coefficient (Wildman–Crippen LogP) is 3.73. The van der Waals surface area contributed by atoms with Crippen molar-refractivity contribution in [2.24, 2.45) is 0 Å². The second-order valence-electron chi connectivity index (χ2n) is 5.21. The number of hydrogen-bond donors (Lipinski definition) is 1. The lowest BCUT2D eigenvalue weighted by Gasteiger charge is -2.10. The summed E-state index contributed by atoms with van der Waals surface area (Å²) in [5, 5.41) is 10.3. The molecule has 0 fully saturated rings. The summed E-state index contributed by atoms with van der Waals surface area (Å²) in [4.78, 5) is 11.4. The molecule has 1 N–H and O–H groups in total. The van der Waals surface area contributed by atoms with Crippen LogP contribution in [0.5, 0.6) is 5.75 Å². The van der Waals surface area contributed by atoms with Crippen LogP contribution in [0.3, 0.4) is 0 Å². The number of hydrogen-bond acceptors (Lipinski definition) is 2. The Morgan fingerprint density at radius 3 is 2.64 bits per heavy atom. The number of carbonyl (C=O) groups is 1. The lowest BCUT2D eigenvalue weighted by Crippen LogP contribution is -2.13. The molecular formula is C18H17NO3. The average molecular weight is 295 g/mol. The molecule has 0 aliphatic carbocycles. The zero-order valence-corrected chi connectivity index (χ0v) is 12.3. The molecule has 0 amide bonds. The molecule has 0 spiro atoms. The number of para-hydroxylation sites is 1. The lowest BCUT2D eigenvalue weighted by molar-refractivity contribution is 0.0684. The maximum atomic E-state index is 11.4. The number of nitrogens with zero attached hydrogens (tertiary/aromatic N) is 1. The average Bonchev–Trinajstić information content (AvgIpc) is 2.87. The van der Waals surface area contributed by atoms with Gasteiger partial charge in [-0.15, -0.1) is 0 Å². The van der Waals surface area contributed by atoms with Crippen LogP contribution >= 0.6 is 0 Å². The Labute approximate surface area is 128 Å². The Balaban J connectivity index is 1.86. The van der Waals surface area contributed by atoms with Crippen molar-refractivity contribution >= 4 is 16.9 Å². The normalized spacial score (nSPS) is 10.8. The number of aromatic nitrogens is 1. The van der Waals surface area contributed by atoms with Crippen molar-refractivity contribution in [2.75, 3.05) is 6.61 Å². The summed E-state index contributed by atoms with van der Waals surface area (Å²) in [6, 6.07) is 17.2. The Morgan fingerprint density at radius 1 is 1.14 bits per heavy atom. The second kappa shape index (κ2) is 5.93. The van der Waals surface area contributed by atoms with Gasteiger partial charge in [0.1, 0.15) is 18.1 Å². The van der Waals surface area contributed by atoms with E-state index in [4.69, 9.17) is 4.74 Å². The van der Waals surface area contributed by atoms with Gasteiger partial charge in [-0.1, -0.05) is 30.3 Å². The number of aryl methyl sites for hydroxylation is 1. The first kappa shape index (κ1) is 14.2. The van der Waals surface area contributed by atoms with Crippen molar-refractivity contribution in [2.45, 2.75) is 13.5 Å². The summed E-state index contributed by atoms with van der Waals surface area (Å²) < 4.78 is 7.48. The number of ether oxygens (including phenoxy) is 1. The Bertz CT molecular complexity index is 806. The van der Waals surface area contributed by atoms with E-state index in [-0.39, 0.29) is 5.69 Å². The van der Waals surface area contributed by atoms with E-state index in [1.165, 1.54) is 0 Å². The molecule has 22 heavy (non-hydrogen) atoms. The lowest BCUT2D eigenvalue weighted by atomic mass is 10.2. The number of carboxylic acids is 1. The Morgan fingerprint density at radius 2 is 1.91 bits per heavy atom. The molecule has 0 aliphatic heterocycles. The van der Waals surface area contributed by atoms with Crippen LogP contribution in [0.2, 0.25) is 0 Å². The minimum Gasteiger partial charge on any atom is -0.492 e. The molecule has 0 saturated heterocycles. The zero-order valence-electron chi connectivity index (χ0n) is 12.3. The number of fused-ring (bicyclic) bond motifs is 1. The van der Waals surface area contributed by atoms with Crippen molar-refractivity contribution in [3.8, 4) is 5.75 Å². The van der Waals surface area contributed by atoms with Crippen molar-refractivity contribution in [1.82, 2.24) is 4.57 Å². The van der Waals surface area contributed by atoms with Gasteiger partial charge in [0.2, 0.25) is 0 Å². The van der Waals surface area contributed by atoms with Gasteiger partial charge in [0.15, 0.2) is 0 Å². The van der Waals surface area contributed by atoms with Gasteiger partial charge >= 0.3 is 5.97 Å². The molecule has 0 aliphatic rings. The third-order valence-electron chi connectivity index (χ3n) is 3.61. The van der Waals surface area contributed by atoms with Gasteiger partial charge in [-0.25, -0.2) is 4.79 Å². The Hall–Kier alpha value is -2.75. The van der Waals surface area contributed by atoms with Crippen LogP contribution in [-0.2, 0) is 6.54 Å². The Kier molecular flexibility index (Phi) is 3.83. The van der Waals surface area contributed by atoms with Gasteiger partial charge in [-0.3, -0.25) is 0 Å². The summed E-state index contributed by atoms with van der Waals surface area (Å²) in [5.74, 6) is -0.138. The van der Waals surface area contributed by atoms with Gasteiger partial charge in [-0.05, 0) is 36.8 Å². The van der Waals surface area contributed by atoms with Crippen molar-refractivity contribution < 1.29 is 14.6 Å². The van der Waals surface area contributed by atoms with Crippen molar-refractivity contribution in [3.63, 3.8) is 0 Å². The second-order valence-corrected chi connectivity index (χ2v) is 5.21. The molecule has 3 rings (SSSR count). The fraction of sp³-hybridized carbons (Fsp3) is 0.167. The molecule has 0 bridgehead atoms. The third-order valence-corrected chi connectivity index (χ3v) is 3.61. The van der Waals surface area contributed by atoms with Gasteiger partial charge in [-0.2, -0.15) is 0 Å². The SMILES string of the molecule is Cc1ccc2cc(C(=O)O)n(CCOc3ccccc3)c2c1. The molecule has 0 saturated carbocycles. The molecule has 1 aromatic heterocycles. The van der Waals surface area contributed by atoms with E-state index >= 15 is 0 Å². The minimum absolute atomic E-state index is 0.289. The summed E-state index contributed by atoms with van der Waals surface area (Å²) in [6.07, 6.45) is 0. The van der Waals surface area contributed by atoms with E-state index in [1.807, 2.05) is 55.5 Å². The molecule has 112 valence electrons. The monoisotopic (exact) mass is 295 g/mol. The molecule has 4 nitrogen and oxygen atoms in total. The van der Waals surface area contributed by atoms with E-state index in [0.29, 0.717) is 13.2 Å². The van der Waals surface area contributed by atoms with E-state index in [2.05, 4.69) is 0 Å². The van der Waals surface area contributed by atoms with Crippen LogP contribution in [0.1, 0.15) is 16.1 Å². The number of carboxylic acid groups (broad SMARTS) is 1. The highest BCUT2D eigenvalue weighted by Crippen LogP contribution is 2.21. The first-order valence-corrected chi connectivity index (χ1v) is 7.16. The minimum atomic E-state index is -0.923. The van der Waals surface area contributed by atoms with Gasteiger partial charge in [0, 0.05) is 10.9 Å². The molecule has 2 aromatic carbocycles. The van der Waals surface area contributed by atoms with Crippen LogP contribution in [0, 0.1) is 6.92 Å². The number of benzene rings is 2. The van der Waals surface area contributed by atoms with E-state index in [1.54, 1.807) is 10.6 Å². The highest BCUT2D eigenvalue weighted by Gasteiger charge is 2.14. The van der Waals surface area contributed by atoms with E-state index in [9.17, 15) is 9.90 Å². The summed E-state index contributed by atoms with van der Waals surface area (Å²) in [7, 11) is 0. The highest BCUT2D eigenvalue weighted by atomic mass is 16.5. The van der Waals surface area contributed by atoms with Crippen LogP contribution in [-0.4, -0.2) is 22.2 Å². The molecule has 3 aromatic rings. The van der Waals surface area contributed by atoms with Crippen LogP contribution in [0.25, 0.3) is 10.9 Å². The molecule has 0 atom stereocenters. The maximum Gasteiger partial charge on any atom is 0.352 e. The molecule has 4 heteroatoms. The smallest absolute Gasteiger partial charge is 0.352 e. The number of aromatic carboxylic acids is 1. The number of rotatable bonds is 5. The van der Waals surface area contributed by atoms with Crippen molar-refractivity contribution in [3.05, 3.63) is 65.9 Å². The predicted molar refractivity (Wildman–Crippen MR) is 85.6 cm³/mol. The van der Waals surface area contributed by atoms with E-state index in [0.717, 1.165) is 22.2 Å². The zero-order chi connectivity index (χ0) is 15.5. The topological polar surface area (TPSA) is 51.5 Å². The molecule has 0 unspecified atom stereocenters. The van der Waals surface area contributed by atoms with Gasteiger partial charge in [0.05, 0.1) is 6.54 Å². The fourth-order valence-electron chi connectivity index (χ4n) is 2.55. The largest absolute Gasteiger partial charge is 0.492 e. The molecule has 1 heterocycles. The van der Waals surface area contributed by atoms with Crippen LogP contribution in [0.15, 0.2) is 54.6 Å². The third kappa shape index (κ3) is 2.81. The summed E-state index contributed by atoms with van der Waals surface area (Å²) in [5.41, 5.74) is 2.32. The van der Waals surface area contributed by atoms with Crippen LogP contribution < -0.4 is 4.74 Å². The summed E-state index contributed by atoms with van der Waals surface area (Å²) in [6.45, 7) is 2.91. The first-order chi connectivity index (χ1) is 10.6. The maximum absolute atomic E-state index is 11.4. The molecular weight excluding hydrogens is 278 g/mol. The molecule has 0 radical (unpaired) electrons. The first-order valence-electron chi connectivity index (χ1n) is 7.16. The quantitative estimate of drug-likeness (QED) is 0.780. The van der Waals surface area contributed by atoms with Crippen LogP contribution in [0.4, 0.5) is 0 Å². The standard InChI is InChI=1S/C18H17NO3/c1-13-7-8-14-12-17(18(20)21)19(16(14)11-13)9-10-22-15-5-3-2-4-6-15/h2-8,11-12H,9-10H2,1H3,(H,20,21). The van der Waals surface area contributed by atoms with E-state index < -0.39 is 5.97 Å². The van der Waals surface area contributed by atoms with Crippen molar-refractivity contribution in [1.29, 1.82) is 0 Å². The highest BCUT2D eigenvalue weighted by molar-refractivity contribution is 5.94. The van der Waals surface area contributed by atoms with Gasteiger partial charge in [0.25, 0.3) is 0 Å².